The minimum absolute atomic E-state index is 0.137. The molecule has 0 aliphatic carbocycles. The van der Waals surface area contributed by atoms with Gasteiger partial charge in [0.25, 0.3) is 0 Å². The van der Waals surface area contributed by atoms with E-state index < -0.39 is 0 Å². The van der Waals surface area contributed by atoms with Gasteiger partial charge < -0.3 is 15.1 Å². The van der Waals surface area contributed by atoms with Crippen LogP contribution < -0.4 is 5.73 Å². The number of nitrogens with one attached hydrogen (secondary N) is 1. The number of H-pyrrole nitrogens is 1. The van der Waals surface area contributed by atoms with Gasteiger partial charge in [-0.2, -0.15) is 0 Å². The number of imidazole rings is 1. The third-order valence-corrected chi connectivity index (χ3v) is 3.36. The first-order chi connectivity index (χ1) is 9.51. The standard InChI is InChI=1S/C16H19N3O/c1-16(2,17)8-7-11-5-6-12-13(10-11)19-15(18-12)14-4-3-9-20-14/h3-6,9-10H,7-8,17H2,1-2H3,(H,18,19). The van der Waals surface area contributed by atoms with Crippen molar-refractivity contribution in [1.82, 2.24) is 9.97 Å². The predicted molar refractivity (Wildman–Crippen MR) is 80.4 cm³/mol. The Morgan fingerprint density at radius 1 is 1.30 bits per heavy atom. The van der Waals surface area contributed by atoms with Crippen molar-refractivity contribution in [2.45, 2.75) is 32.2 Å². The first-order valence-electron chi connectivity index (χ1n) is 6.83. The van der Waals surface area contributed by atoms with Gasteiger partial charge in [-0.05, 0) is 56.5 Å². The lowest BCUT2D eigenvalue weighted by Crippen LogP contribution is -2.32. The number of aromatic nitrogens is 2. The Labute approximate surface area is 118 Å². The zero-order chi connectivity index (χ0) is 14.2. The van der Waals surface area contributed by atoms with Crippen molar-refractivity contribution >= 4 is 11.0 Å². The van der Waals surface area contributed by atoms with Crippen molar-refractivity contribution < 1.29 is 4.42 Å². The summed E-state index contributed by atoms with van der Waals surface area (Å²) in [6, 6.07) is 10.0. The van der Waals surface area contributed by atoms with E-state index in [0.717, 1.165) is 35.5 Å². The Balaban J connectivity index is 1.88. The van der Waals surface area contributed by atoms with E-state index in [1.807, 2.05) is 18.2 Å². The fourth-order valence-electron chi connectivity index (χ4n) is 2.21. The highest BCUT2D eigenvalue weighted by Gasteiger charge is 2.12. The molecule has 0 bridgehead atoms. The van der Waals surface area contributed by atoms with Crippen LogP contribution in [0.15, 0.2) is 41.0 Å². The van der Waals surface area contributed by atoms with Crippen LogP contribution >= 0.6 is 0 Å². The van der Waals surface area contributed by atoms with E-state index in [4.69, 9.17) is 10.2 Å². The molecule has 0 radical (unpaired) electrons. The van der Waals surface area contributed by atoms with Crippen molar-refractivity contribution in [1.29, 1.82) is 0 Å². The molecular weight excluding hydrogens is 250 g/mol. The fraction of sp³-hybridized carbons (Fsp3) is 0.312. The molecule has 104 valence electrons. The maximum absolute atomic E-state index is 6.03. The largest absolute Gasteiger partial charge is 0.461 e. The molecule has 0 spiro atoms. The molecule has 3 aromatic rings. The number of rotatable bonds is 4. The number of nitrogens with two attached hydrogens (primary N) is 1. The maximum atomic E-state index is 6.03. The summed E-state index contributed by atoms with van der Waals surface area (Å²) in [4.78, 5) is 7.83. The molecule has 0 saturated heterocycles. The molecular formula is C16H19N3O. The first-order valence-corrected chi connectivity index (χ1v) is 6.83. The Hall–Kier alpha value is -2.07. The summed E-state index contributed by atoms with van der Waals surface area (Å²) < 4.78 is 5.36. The first kappa shape index (κ1) is 12.9. The van der Waals surface area contributed by atoms with Crippen LogP contribution in [0.4, 0.5) is 0 Å². The van der Waals surface area contributed by atoms with Crippen molar-refractivity contribution in [2.75, 3.05) is 0 Å². The van der Waals surface area contributed by atoms with Crippen molar-refractivity contribution in [2.24, 2.45) is 5.73 Å². The van der Waals surface area contributed by atoms with Gasteiger partial charge in [0, 0.05) is 5.54 Å². The van der Waals surface area contributed by atoms with E-state index in [0.29, 0.717) is 0 Å². The maximum Gasteiger partial charge on any atom is 0.174 e. The Kier molecular flexibility index (Phi) is 3.10. The lowest BCUT2D eigenvalue weighted by atomic mass is 9.96. The molecule has 0 aliphatic heterocycles. The van der Waals surface area contributed by atoms with E-state index in [1.165, 1.54) is 5.56 Å². The molecule has 0 atom stereocenters. The molecule has 0 aliphatic rings. The number of fused-ring (bicyclic) bond motifs is 1. The molecule has 0 amide bonds. The SMILES string of the molecule is CC(C)(N)CCc1ccc2nc(-c3ccco3)[nH]c2c1. The van der Waals surface area contributed by atoms with Crippen LogP contribution in [0.25, 0.3) is 22.6 Å². The lowest BCUT2D eigenvalue weighted by Gasteiger charge is -2.17. The molecule has 0 fully saturated rings. The van der Waals surface area contributed by atoms with Gasteiger partial charge in [-0.25, -0.2) is 4.98 Å². The molecule has 1 aromatic carbocycles. The summed E-state index contributed by atoms with van der Waals surface area (Å²) in [5, 5.41) is 0. The summed E-state index contributed by atoms with van der Waals surface area (Å²) in [5.41, 5.74) is 9.15. The van der Waals surface area contributed by atoms with Crippen LogP contribution in [-0.4, -0.2) is 15.5 Å². The number of nitrogens with zero attached hydrogens (tertiary/aromatic N) is 1. The molecule has 2 heterocycles. The Morgan fingerprint density at radius 2 is 2.15 bits per heavy atom. The van der Waals surface area contributed by atoms with Crippen molar-refractivity contribution in [3.05, 3.63) is 42.2 Å². The zero-order valence-corrected chi connectivity index (χ0v) is 11.8. The normalized spacial score (nSPS) is 12.2. The second-order valence-electron chi connectivity index (χ2n) is 5.90. The molecule has 3 N–H and O–H groups in total. The highest BCUT2D eigenvalue weighted by atomic mass is 16.3. The van der Waals surface area contributed by atoms with Gasteiger partial charge in [0.2, 0.25) is 0 Å². The van der Waals surface area contributed by atoms with Crippen LogP contribution in [0.3, 0.4) is 0 Å². The lowest BCUT2D eigenvalue weighted by molar-refractivity contribution is 0.477. The molecule has 4 nitrogen and oxygen atoms in total. The summed E-state index contributed by atoms with van der Waals surface area (Å²) in [6.07, 6.45) is 3.57. The average Bonchev–Trinajstić information content (AvgIpc) is 3.03. The zero-order valence-electron chi connectivity index (χ0n) is 11.8. The summed E-state index contributed by atoms with van der Waals surface area (Å²) in [5.74, 6) is 1.52. The van der Waals surface area contributed by atoms with E-state index in [1.54, 1.807) is 6.26 Å². The number of benzene rings is 1. The van der Waals surface area contributed by atoms with Crippen LogP contribution in [0.5, 0.6) is 0 Å². The summed E-state index contributed by atoms with van der Waals surface area (Å²) in [7, 11) is 0. The molecule has 4 heteroatoms. The number of aromatic amines is 1. The van der Waals surface area contributed by atoms with Gasteiger partial charge in [0.05, 0.1) is 17.3 Å². The van der Waals surface area contributed by atoms with Crippen LogP contribution in [0.2, 0.25) is 0 Å². The van der Waals surface area contributed by atoms with Crippen LogP contribution in [0.1, 0.15) is 25.8 Å². The average molecular weight is 269 g/mol. The third kappa shape index (κ3) is 2.75. The van der Waals surface area contributed by atoms with Crippen LogP contribution in [-0.2, 0) is 6.42 Å². The minimum atomic E-state index is -0.137. The predicted octanol–water partition coefficient (Wildman–Crippen LogP) is 3.49. The van der Waals surface area contributed by atoms with E-state index in [2.05, 4.69) is 35.9 Å². The van der Waals surface area contributed by atoms with Gasteiger partial charge in [-0.3, -0.25) is 0 Å². The Morgan fingerprint density at radius 3 is 2.85 bits per heavy atom. The number of aryl methyl sites for hydroxylation is 1. The van der Waals surface area contributed by atoms with Gasteiger partial charge in [0.1, 0.15) is 0 Å². The second-order valence-corrected chi connectivity index (χ2v) is 5.90. The van der Waals surface area contributed by atoms with Gasteiger partial charge in [-0.15, -0.1) is 0 Å². The smallest absolute Gasteiger partial charge is 0.174 e. The quantitative estimate of drug-likeness (QED) is 0.761. The molecule has 0 unspecified atom stereocenters. The van der Waals surface area contributed by atoms with Crippen molar-refractivity contribution in [3.63, 3.8) is 0 Å². The molecule has 20 heavy (non-hydrogen) atoms. The number of hydrogen-bond acceptors (Lipinski definition) is 3. The molecule has 0 saturated carbocycles. The molecule has 3 rings (SSSR count). The minimum Gasteiger partial charge on any atom is -0.461 e. The third-order valence-electron chi connectivity index (χ3n) is 3.36. The summed E-state index contributed by atoms with van der Waals surface area (Å²) in [6.45, 7) is 4.10. The van der Waals surface area contributed by atoms with Crippen molar-refractivity contribution in [3.8, 4) is 11.6 Å². The number of hydrogen-bond donors (Lipinski definition) is 2. The topological polar surface area (TPSA) is 67.8 Å². The number of furan rings is 1. The van der Waals surface area contributed by atoms with Gasteiger partial charge >= 0.3 is 0 Å². The van der Waals surface area contributed by atoms with E-state index >= 15 is 0 Å². The fourth-order valence-corrected chi connectivity index (χ4v) is 2.21. The monoisotopic (exact) mass is 269 g/mol. The highest BCUT2D eigenvalue weighted by molar-refractivity contribution is 5.79. The Bertz CT molecular complexity index is 705. The second kappa shape index (κ2) is 4.80. The summed E-state index contributed by atoms with van der Waals surface area (Å²) >= 11 is 0. The highest BCUT2D eigenvalue weighted by Crippen LogP contribution is 2.22. The van der Waals surface area contributed by atoms with Crippen LogP contribution in [0, 0.1) is 0 Å². The molecule has 2 aromatic heterocycles. The van der Waals surface area contributed by atoms with Gasteiger partial charge in [-0.1, -0.05) is 6.07 Å². The van der Waals surface area contributed by atoms with Gasteiger partial charge in [0.15, 0.2) is 11.6 Å². The van der Waals surface area contributed by atoms with E-state index in [9.17, 15) is 0 Å². The van der Waals surface area contributed by atoms with E-state index in [-0.39, 0.29) is 5.54 Å².